The van der Waals surface area contributed by atoms with Crippen LogP contribution in [0.3, 0.4) is 0 Å². The zero-order valence-electron chi connectivity index (χ0n) is 33.9. The van der Waals surface area contributed by atoms with Gasteiger partial charge in [-0.25, -0.2) is 10.3 Å². The van der Waals surface area contributed by atoms with Gasteiger partial charge in [0.15, 0.2) is 0 Å². The minimum Gasteiger partial charge on any atom is -0.494 e. The molecule has 1 aromatic heterocycles. The molecule has 1 saturated heterocycles. The van der Waals surface area contributed by atoms with Crippen molar-refractivity contribution in [2.45, 2.75) is 77.8 Å². The summed E-state index contributed by atoms with van der Waals surface area (Å²) in [5, 5.41) is 26.2. The first kappa shape index (κ1) is 42.2. The Morgan fingerprint density at radius 3 is 2.41 bits per heavy atom. The van der Waals surface area contributed by atoms with E-state index < -0.39 is 17.9 Å². The first-order valence-corrected chi connectivity index (χ1v) is 20.5. The van der Waals surface area contributed by atoms with Crippen LogP contribution in [0.25, 0.3) is 11.1 Å². The number of benzene rings is 4. The number of aromatic nitrogens is 3. The quantitative estimate of drug-likeness (QED) is 0.0329. The van der Waals surface area contributed by atoms with Gasteiger partial charge in [0.25, 0.3) is 11.8 Å². The van der Waals surface area contributed by atoms with E-state index in [0.717, 1.165) is 46.4 Å². The fourth-order valence-corrected chi connectivity index (χ4v) is 7.42. The molecule has 0 saturated carbocycles. The number of piperidine rings is 1. The number of urea groups is 1. The average Bonchev–Trinajstić information content (AvgIpc) is 3.87. The van der Waals surface area contributed by atoms with Gasteiger partial charge in [0, 0.05) is 75.1 Å². The number of anilines is 1. The number of nitrogens with one attached hydrogen (secondary N) is 4. The Morgan fingerprint density at radius 1 is 0.918 bits per heavy atom. The number of carbonyl (C=O) groups excluding carboxylic acids is 5. The van der Waals surface area contributed by atoms with Gasteiger partial charge in [0.05, 0.1) is 12.3 Å². The molecule has 316 valence electrons. The molecule has 61 heavy (non-hydrogen) atoms. The summed E-state index contributed by atoms with van der Waals surface area (Å²) < 4.78 is 7.73. The molecule has 1 unspecified atom stereocenters. The number of imide groups is 1. The number of carbonyl (C=O) groups is 5. The third-order valence-electron chi connectivity index (χ3n) is 10.7. The molecule has 16 heteroatoms. The van der Waals surface area contributed by atoms with E-state index in [1.54, 1.807) is 62.4 Å². The SMILES string of the molecule is CCCCN(Cc1ccc(C(=O)NO)cc1)C(=O)Nc1ccc(OCCCn2cc(CNCc3ccc(-c4cccc5c4CN(C4CCC(=O)NC4=O)C5=O)cc3)nn2)cc1. The maximum absolute atomic E-state index is 13.3. The summed E-state index contributed by atoms with van der Waals surface area (Å²) >= 11 is 0. The average molecular weight is 828 g/mol. The molecular weight excluding hydrogens is 779 g/mol. The third-order valence-corrected chi connectivity index (χ3v) is 10.7. The third kappa shape index (κ3) is 10.6. The minimum absolute atomic E-state index is 0.188. The Hall–Kier alpha value is -6.91. The van der Waals surface area contributed by atoms with Gasteiger partial charge in [-0.3, -0.25) is 34.4 Å². The van der Waals surface area contributed by atoms with Crippen molar-refractivity contribution >= 4 is 35.3 Å². The predicted octanol–water partition coefficient (Wildman–Crippen LogP) is 5.42. The predicted molar refractivity (Wildman–Crippen MR) is 225 cm³/mol. The molecule has 1 fully saturated rings. The number of nitrogens with zero attached hydrogens (tertiary/aromatic N) is 5. The second-order valence-electron chi connectivity index (χ2n) is 15.1. The lowest BCUT2D eigenvalue weighted by Gasteiger charge is -2.29. The van der Waals surface area contributed by atoms with Crippen molar-refractivity contribution < 1.29 is 33.9 Å². The lowest BCUT2D eigenvalue weighted by molar-refractivity contribution is -0.136. The highest BCUT2D eigenvalue weighted by Crippen LogP contribution is 2.35. The molecule has 2 aliphatic heterocycles. The van der Waals surface area contributed by atoms with E-state index in [1.165, 1.54) is 0 Å². The van der Waals surface area contributed by atoms with Gasteiger partial charge in [-0.15, -0.1) is 5.10 Å². The fourth-order valence-electron chi connectivity index (χ4n) is 7.42. The molecule has 16 nitrogen and oxygen atoms in total. The van der Waals surface area contributed by atoms with Crippen LogP contribution in [0.15, 0.2) is 97.2 Å². The molecule has 2 aliphatic rings. The Kier molecular flexibility index (Phi) is 13.8. The Bertz CT molecular complexity index is 2350. The number of aryl methyl sites for hydroxylation is 1. The van der Waals surface area contributed by atoms with E-state index in [0.29, 0.717) is 81.3 Å². The van der Waals surface area contributed by atoms with Crippen molar-refractivity contribution in [3.63, 3.8) is 0 Å². The molecule has 3 heterocycles. The van der Waals surface area contributed by atoms with Crippen molar-refractivity contribution in [2.24, 2.45) is 0 Å². The topological polar surface area (TPSA) is 200 Å². The van der Waals surface area contributed by atoms with Crippen LogP contribution in [0.4, 0.5) is 10.5 Å². The smallest absolute Gasteiger partial charge is 0.322 e. The number of hydrogen-bond acceptors (Lipinski definition) is 10. The van der Waals surface area contributed by atoms with Crippen LogP contribution in [-0.4, -0.2) is 78.9 Å². The van der Waals surface area contributed by atoms with Gasteiger partial charge in [-0.2, -0.15) is 0 Å². The van der Waals surface area contributed by atoms with E-state index in [1.807, 2.05) is 54.7 Å². The van der Waals surface area contributed by atoms with Crippen LogP contribution in [0.2, 0.25) is 0 Å². The van der Waals surface area contributed by atoms with E-state index in [9.17, 15) is 24.0 Å². The van der Waals surface area contributed by atoms with Crippen LogP contribution in [0.5, 0.6) is 5.75 Å². The molecule has 0 radical (unpaired) electrons. The van der Waals surface area contributed by atoms with Gasteiger partial charge in [0.2, 0.25) is 11.8 Å². The zero-order chi connectivity index (χ0) is 42.7. The van der Waals surface area contributed by atoms with Gasteiger partial charge in [-0.05, 0) is 83.1 Å². The standard InChI is InChI=1S/C45H49N9O7/c1-2-3-22-52(27-31-10-14-33(15-11-31)42(56)50-60)45(59)47-34-16-18-36(19-17-34)61-24-5-23-53-28-35(49-51-53)26-46-25-30-8-12-32(13-9-30)37-6-4-7-38-39(37)29-54(44(38)58)40-20-21-41(55)48-43(40)57/h4,6-19,28,40,46,60H,2-3,5,20-27,29H2,1H3,(H,47,59)(H,50,56)(H,48,55,57). The van der Waals surface area contributed by atoms with Gasteiger partial charge >= 0.3 is 6.03 Å². The Morgan fingerprint density at radius 2 is 1.67 bits per heavy atom. The van der Waals surface area contributed by atoms with Crippen molar-refractivity contribution in [1.82, 2.24) is 40.9 Å². The van der Waals surface area contributed by atoms with E-state index in [-0.39, 0.29) is 24.3 Å². The second-order valence-corrected chi connectivity index (χ2v) is 15.1. The summed E-state index contributed by atoms with van der Waals surface area (Å²) in [4.78, 5) is 65.6. The maximum atomic E-state index is 13.3. The Labute approximate surface area is 353 Å². The Balaban J connectivity index is 0.820. The molecule has 0 spiro atoms. The van der Waals surface area contributed by atoms with Crippen LogP contribution < -0.4 is 26.2 Å². The largest absolute Gasteiger partial charge is 0.494 e. The monoisotopic (exact) mass is 827 g/mol. The molecule has 5 N–H and O–H groups in total. The number of hydroxylamine groups is 1. The van der Waals surface area contributed by atoms with E-state index in [4.69, 9.17) is 9.94 Å². The fraction of sp³-hybridized carbons (Fsp3) is 0.311. The first-order valence-electron chi connectivity index (χ1n) is 20.5. The number of amides is 6. The van der Waals surface area contributed by atoms with Gasteiger partial charge in [-0.1, -0.05) is 67.1 Å². The lowest BCUT2D eigenvalue weighted by atomic mass is 9.96. The normalized spacial score (nSPS) is 14.7. The zero-order valence-corrected chi connectivity index (χ0v) is 33.9. The van der Waals surface area contributed by atoms with E-state index >= 15 is 0 Å². The summed E-state index contributed by atoms with van der Waals surface area (Å²) in [5.41, 5.74) is 8.75. The van der Waals surface area contributed by atoms with Crippen molar-refractivity contribution in [3.8, 4) is 16.9 Å². The van der Waals surface area contributed by atoms with E-state index in [2.05, 4.69) is 33.2 Å². The highest BCUT2D eigenvalue weighted by Gasteiger charge is 2.39. The summed E-state index contributed by atoms with van der Waals surface area (Å²) in [7, 11) is 0. The molecule has 4 aromatic carbocycles. The highest BCUT2D eigenvalue weighted by molar-refractivity contribution is 6.06. The summed E-state index contributed by atoms with van der Waals surface area (Å²) in [6.07, 6.45) is 4.95. The summed E-state index contributed by atoms with van der Waals surface area (Å²) in [6, 6.07) is 26.9. The maximum Gasteiger partial charge on any atom is 0.322 e. The molecule has 5 aromatic rings. The van der Waals surface area contributed by atoms with Crippen LogP contribution in [0.1, 0.15) is 82.1 Å². The summed E-state index contributed by atoms with van der Waals surface area (Å²) in [5.74, 6) is -0.821. The lowest BCUT2D eigenvalue weighted by Crippen LogP contribution is -2.52. The van der Waals surface area contributed by atoms with Crippen LogP contribution in [0, 0.1) is 0 Å². The van der Waals surface area contributed by atoms with Crippen molar-refractivity contribution in [1.29, 1.82) is 0 Å². The number of hydrogen-bond donors (Lipinski definition) is 5. The molecule has 0 bridgehead atoms. The molecule has 7 rings (SSSR count). The van der Waals surface area contributed by atoms with Crippen molar-refractivity contribution in [3.05, 3.63) is 131 Å². The van der Waals surface area contributed by atoms with Gasteiger partial charge in [0.1, 0.15) is 11.8 Å². The van der Waals surface area contributed by atoms with Gasteiger partial charge < -0.3 is 25.2 Å². The highest BCUT2D eigenvalue weighted by atomic mass is 16.5. The molecule has 6 amide bonds. The minimum atomic E-state index is -0.653. The first-order chi connectivity index (χ1) is 29.7. The number of ether oxygens (including phenoxy) is 1. The molecule has 1 atom stereocenters. The summed E-state index contributed by atoms with van der Waals surface area (Å²) in [6.45, 7) is 5.60. The number of unbranched alkanes of at least 4 members (excludes halogenated alkanes) is 1. The molecular formula is C45H49N9O7. The van der Waals surface area contributed by atoms with Crippen LogP contribution in [-0.2, 0) is 42.3 Å². The van der Waals surface area contributed by atoms with Crippen molar-refractivity contribution in [2.75, 3.05) is 18.5 Å². The number of fused-ring (bicyclic) bond motifs is 1. The number of rotatable bonds is 18. The molecule has 0 aliphatic carbocycles. The second kappa shape index (κ2) is 19.9. The van der Waals surface area contributed by atoms with Crippen LogP contribution >= 0.6 is 0 Å².